The van der Waals surface area contributed by atoms with Crippen molar-refractivity contribution in [3.63, 3.8) is 0 Å². The van der Waals surface area contributed by atoms with Crippen molar-refractivity contribution < 1.29 is 14.3 Å². The van der Waals surface area contributed by atoms with Gasteiger partial charge in [-0.05, 0) is 90.9 Å². The van der Waals surface area contributed by atoms with Crippen LogP contribution >= 0.6 is 0 Å². The zero-order valence-electron chi connectivity index (χ0n) is 18.1. The predicted octanol–water partition coefficient (Wildman–Crippen LogP) is 5.48. The average Bonchev–Trinajstić information content (AvgIpc) is 3.01. The Labute approximate surface area is 169 Å². The lowest BCUT2D eigenvalue weighted by atomic mass is 9.35. The molecule has 0 bridgehead atoms. The molecule has 3 heteroatoms. The average molecular weight is 385 g/mol. The van der Waals surface area contributed by atoms with Crippen LogP contribution in [0.3, 0.4) is 0 Å². The highest BCUT2D eigenvalue weighted by molar-refractivity contribution is 5.87. The molecule has 0 aromatic heterocycles. The number of hydrogen-bond acceptors (Lipinski definition) is 3. The lowest BCUT2D eigenvalue weighted by molar-refractivity contribution is -0.212. The van der Waals surface area contributed by atoms with Gasteiger partial charge in [-0.15, -0.1) is 0 Å². The van der Waals surface area contributed by atoms with E-state index >= 15 is 0 Å². The smallest absolute Gasteiger partial charge is 0.331 e. The van der Waals surface area contributed by atoms with E-state index < -0.39 is 5.41 Å². The molecule has 4 saturated carbocycles. The molecule has 1 aliphatic heterocycles. The molecule has 7 atom stereocenters. The van der Waals surface area contributed by atoms with Crippen molar-refractivity contribution in [1.29, 1.82) is 0 Å². The standard InChI is InChI=1S/C25H36O3/c1-22(2)10-5-11-23(3)17(22)8-12-24(4)18(23)9-13-25(15-26)19(24)7-6-16-14-20(27)28-21(16)25/h14-15,17-19,21H,5-13H2,1-4H3. The maximum absolute atomic E-state index is 12.6. The van der Waals surface area contributed by atoms with Crippen LogP contribution in [0.4, 0.5) is 0 Å². The highest BCUT2D eigenvalue weighted by atomic mass is 16.5. The number of ether oxygens (including phenoxy) is 1. The lowest BCUT2D eigenvalue weighted by Gasteiger charge is -2.69. The van der Waals surface area contributed by atoms with Crippen molar-refractivity contribution >= 4 is 12.3 Å². The fourth-order valence-corrected chi connectivity index (χ4v) is 9.48. The van der Waals surface area contributed by atoms with Gasteiger partial charge in [-0.25, -0.2) is 4.79 Å². The van der Waals surface area contributed by atoms with E-state index in [2.05, 4.69) is 27.7 Å². The van der Waals surface area contributed by atoms with Gasteiger partial charge >= 0.3 is 5.97 Å². The zero-order chi connectivity index (χ0) is 19.9. The van der Waals surface area contributed by atoms with Crippen molar-refractivity contribution in [2.75, 3.05) is 0 Å². The van der Waals surface area contributed by atoms with E-state index in [1.807, 2.05) is 0 Å². The van der Waals surface area contributed by atoms with Crippen LogP contribution in [0, 0.1) is 39.4 Å². The molecule has 1 heterocycles. The van der Waals surface area contributed by atoms with Crippen molar-refractivity contribution in [2.24, 2.45) is 39.4 Å². The number of aldehydes is 1. The van der Waals surface area contributed by atoms with E-state index in [0.717, 1.165) is 37.2 Å². The maximum atomic E-state index is 12.6. The monoisotopic (exact) mass is 384 g/mol. The van der Waals surface area contributed by atoms with Gasteiger partial charge in [0.05, 0.1) is 5.41 Å². The molecule has 5 aliphatic rings. The van der Waals surface area contributed by atoms with Gasteiger partial charge in [-0.1, -0.05) is 34.1 Å². The Kier molecular flexibility index (Phi) is 3.86. The quantitative estimate of drug-likeness (QED) is 0.444. The Hall–Kier alpha value is -1.12. The van der Waals surface area contributed by atoms with Crippen LogP contribution in [0.1, 0.15) is 85.5 Å². The normalized spacial score (nSPS) is 51.7. The van der Waals surface area contributed by atoms with E-state index in [0.29, 0.717) is 22.7 Å². The maximum Gasteiger partial charge on any atom is 0.331 e. The van der Waals surface area contributed by atoms with E-state index in [4.69, 9.17) is 4.74 Å². The Balaban J connectivity index is 1.56. The van der Waals surface area contributed by atoms with Crippen LogP contribution in [0.5, 0.6) is 0 Å². The molecule has 154 valence electrons. The summed E-state index contributed by atoms with van der Waals surface area (Å²) in [6.07, 6.45) is 13.1. The second-order valence-electron chi connectivity index (χ2n) is 11.9. The van der Waals surface area contributed by atoms with Gasteiger partial charge in [0, 0.05) is 6.08 Å². The van der Waals surface area contributed by atoms with Crippen LogP contribution < -0.4 is 0 Å². The first kappa shape index (κ1) is 18.9. The third-order valence-corrected chi connectivity index (χ3v) is 10.5. The Morgan fingerprint density at radius 1 is 0.929 bits per heavy atom. The fraction of sp³-hybridized carbons (Fsp3) is 0.840. The SMILES string of the molecule is CC1(C)CCCC2(C)C1CCC1(C)C2CCC2(C=O)C3OC(=O)C=C3CCC12. The first-order valence-corrected chi connectivity index (χ1v) is 11.5. The first-order valence-electron chi connectivity index (χ1n) is 11.5. The molecule has 5 rings (SSSR count). The minimum atomic E-state index is -0.491. The second kappa shape index (κ2) is 5.73. The van der Waals surface area contributed by atoms with Gasteiger partial charge in [-0.2, -0.15) is 0 Å². The number of fused-ring (bicyclic) bond motifs is 7. The molecule has 0 amide bonds. The second-order valence-corrected chi connectivity index (χ2v) is 11.9. The predicted molar refractivity (Wildman–Crippen MR) is 108 cm³/mol. The summed E-state index contributed by atoms with van der Waals surface area (Å²) in [4.78, 5) is 24.6. The summed E-state index contributed by atoms with van der Waals surface area (Å²) in [6, 6.07) is 0. The number of esters is 1. The van der Waals surface area contributed by atoms with E-state index in [-0.39, 0.29) is 17.5 Å². The number of carbonyl (C=O) groups is 2. The largest absolute Gasteiger partial charge is 0.454 e. The third-order valence-electron chi connectivity index (χ3n) is 10.5. The summed E-state index contributed by atoms with van der Waals surface area (Å²) in [5, 5.41) is 0. The van der Waals surface area contributed by atoms with Crippen molar-refractivity contribution in [2.45, 2.75) is 91.6 Å². The van der Waals surface area contributed by atoms with E-state index in [1.54, 1.807) is 6.08 Å². The molecule has 4 fully saturated rings. The summed E-state index contributed by atoms with van der Waals surface area (Å²) in [5.74, 6) is 1.57. The van der Waals surface area contributed by atoms with Gasteiger partial charge in [0.1, 0.15) is 12.4 Å². The van der Waals surface area contributed by atoms with Crippen LogP contribution in [0.15, 0.2) is 11.6 Å². The molecule has 3 nitrogen and oxygen atoms in total. The molecular weight excluding hydrogens is 348 g/mol. The number of carbonyl (C=O) groups excluding carboxylic acids is 2. The van der Waals surface area contributed by atoms with Crippen LogP contribution in [0.25, 0.3) is 0 Å². The van der Waals surface area contributed by atoms with Gasteiger partial charge in [0.2, 0.25) is 0 Å². The van der Waals surface area contributed by atoms with E-state index in [9.17, 15) is 9.59 Å². The lowest BCUT2D eigenvalue weighted by Crippen LogP contribution is -2.64. The van der Waals surface area contributed by atoms with Crippen molar-refractivity contribution in [3.05, 3.63) is 11.6 Å². The van der Waals surface area contributed by atoms with E-state index in [1.165, 1.54) is 38.4 Å². The Morgan fingerprint density at radius 3 is 2.39 bits per heavy atom. The van der Waals surface area contributed by atoms with Gasteiger partial charge < -0.3 is 9.53 Å². The summed E-state index contributed by atoms with van der Waals surface area (Å²) in [5.41, 5.74) is 1.57. The van der Waals surface area contributed by atoms with Gasteiger partial charge in [-0.3, -0.25) is 0 Å². The summed E-state index contributed by atoms with van der Waals surface area (Å²) < 4.78 is 5.76. The Bertz CT molecular complexity index is 751. The highest BCUT2D eigenvalue weighted by Gasteiger charge is 2.68. The number of rotatable bonds is 1. The summed E-state index contributed by atoms with van der Waals surface area (Å²) in [7, 11) is 0. The first-order chi connectivity index (χ1) is 13.2. The van der Waals surface area contributed by atoms with Crippen molar-refractivity contribution in [3.8, 4) is 0 Å². The minimum Gasteiger partial charge on any atom is -0.454 e. The third kappa shape index (κ3) is 2.17. The molecular formula is C25H36O3. The van der Waals surface area contributed by atoms with Crippen LogP contribution in [0.2, 0.25) is 0 Å². The van der Waals surface area contributed by atoms with Crippen LogP contribution in [-0.4, -0.2) is 18.4 Å². The molecule has 0 spiro atoms. The van der Waals surface area contributed by atoms with Crippen LogP contribution in [-0.2, 0) is 14.3 Å². The van der Waals surface area contributed by atoms with Gasteiger partial charge in [0.25, 0.3) is 0 Å². The molecule has 4 aliphatic carbocycles. The van der Waals surface area contributed by atoms with Crippen molar-refractivity contribution in [1.82, 2.24) is 0 Å². The topological polar surface area (TPSA) is 43.4 Å². The molecule has 7 unspecified atom stereocenters. The molecule has 0 radical (unpaired) electrons. The number of hydrogen-bond donors (Lipinski definition) is 0. The van der Waals surface area contributed by atoms with Gasteiger partial charge in [0.15, 0.2) is 0 Å². The molecule has 0 saturated heterocycles. The summed E-state index contributed by atoms with van der Waals surface area (Å²) >= 11 is 0. The molecule has 28 heavy (non-hydrogen) atoms. The molecule has 0 N–H and O–H groups in total. The fourth-order valence-electron chi connectivity index (χ4n) is 9.48. The minimum absolute atomic E-state index is 0.179. The molecule has 0 aromatic carbocycles. The summed E-state index contributed by atoms with van der Waals surface area (Å²) in [6.45, 7) is 10.1. The molecule has 0 aromatic rings. The zero-order valence-corrected chi connectivity index (χ0v) is 18.1. The highest BCUT2D eigenvalue weighted by Crippen LogP contribution is 2.72. The Morgan fingerprint density at radius 2 is 1.64 bits per heavy atom.